The number of benzene rings is 2. The van der Waals surface area contributed by atoms with Crippen molar-refractivity contribution in [1.82, 2.24) is 0 Å². The predicted molar refractivity (Wildman–Crippen MR) is 105 cm³/mol. The van der Waals surface area contributed by atoms with Crippen molar-refractivity contribution >= 4 is 29.0 Å². The molecule has 0 aromatic heterocycles. The molecule has 1 aliphatic carbocycles. The summed E-state index contributed by atoms with van der Waals surface area (Å²) < 4.78 is 0. The quantitative estimate of drug-likeness (QED) is 0.806. The zero-order valence-electron chi connectivity index (χ0n) is 15.0. The van der Waals surface area contributed by atoms with Crippen LogP contribution in [-0.2, 0) is 9.59 Å². The van der Waals surface area contributed by atoms with Gasteiger partial charge in [0.25, 0.3) is 0 Å². The van der Waals surface area contributed by atoms with Crippen LogP contribution in [0.1, 0.15) is 42.7 Å². The van der Waals surface area contributed by atoms with Crippen molar-refractivity contribution in [1.29, 1.82) is 0 Å². The number of phenolic OH excluding ortho intramolecular Hbond substituents is 1. The number of allylic oxidation sites excluding steroid dienone is 2. The maximum atomic E-state index is 13.2. The number of hydrogen-bond acceptors (Lipinski definition) is 3. The normalized spacial score (nSPS) is 20.1. The second-order valence-electron chi connectivity index (χ2n) is 7.15. The maximum absolute atomic E-state index is 13.2. The van der Waals surface area contributed by atoms with Crippen LogP contribution < -0.4 is 4.90 Å². The molecule has 1 aliphatic heterocycles. The average Bonchev–Trinajstić information content (AvgIpc) is 2.64. The molecule has 2 aliphatic rings. The molecule has 1 unspecified atom stereocenters. The number of hydrogen-bond donors (Lipinski definition) is 1. The molecule has 138 valence electrons. The van der Waals surface area contributed by atoms with Crippen molar-refractivity contribution in [2.45, 2.75) is 38.5 Å². The summed E-state index contributed by atoms with van der Waals surface area (Å²) in [4.78, 5) is 27.7. The lowest BCUT2D eigenvalue weighted by Crippen LogP contribution is -2.40. The predicted octanol–water partition coefficient (Wildman–Crippen LogP) is 4.88. The van der Waals surface area contributed by atoms with E-state index >= 15 is 0 Å². The molecular formula is C22H20ClNO3. The van der Waals surface area contributed by atoms with Gasteiger partial charge >= 0.3 is 0 Å². The summed E-state index contributed by atoms with van der Waals surface area (Å²) in [6.07, 6.45) is 2.15. The van der Waals surface area contributed by atoms with E-state index in [0.29, 0.717) is 17.9 Å². The Morgan fingerprint density at radius 1 is 1.07 bits per heavy atom. The topological polar surface area (TPSA) is 57.6 Å². The van der Waals surface area contributed by atoms with Crippen LogP contribution in [0.5, 0.6) is 5.75 Å². The minimum atomic E-state index is -0.267. The van der Waals surface area contributed by atoms with Crippen LogP contribution in [0.25, 0.3) is 0 Å². The van der Waals surface area contributed by atoms with Gasteiger partial charge in [-0.3, -0.25) is 14.5 Å². The number of phenols is 1. The number of carbonyl (C=O) groups excluding carboxylic acids is 2. The van der Waals surface area contributed by atoms with Gasteiger partial charge in [-0.15, -0.1) is 0 Å². The molecule has 4 rings (SSSR count). The lowest BCUT2D eigenvalue weighted by molar-refractivity contribution is -0.119. The first kappa shape index (κ1) is 17.8. The van der Waals surface area contributed by atoms with Gasteiger partial charge in [-0.1, -0.05) is 29.8 Å². The highest BCUT2D eigenvalue weighted by Crippen LogP contribution is 2.44. The molecule has 2 aromatic carbocycles. The van der Waals surface area contributed by atoms with Gasteiger partial charge in [-0.05, 0) is 55.2 Å². The lowest BCUT2D eigenvalue weighted by Gasteiger charge is -2.39. The summed E-state index contributed by atoms with van der Waals surface area (Å²) >= 11 is 6.18. The molecular weight excluding hydrogens is 362 g/mol. The van der Waals surface area contributed by atoms with Gasteiger partial charge in [0.05, 0.1) is 5.69 Å². The Morgan fingerprint density at radius 2 is 1.81 bits per heavy atom. The van der Waals surface area contributed by atoms with Gasteiger partial charge in [0.1, 0.15) is 5.75 Å². The van der Waals surface area contributed by atoms with E-state index < -0.39 is 0 Å². The Hall–Kier alpha value is -2.59. The summed E-state index contributed by atoms with van der Waals surface area (Å²) in [5.74, 6) is -0.0312. The summed E-state index contributed by atoms with van der Waals surface area (Å²) in [5, 5.41) is 10.1. The fourth-order valence-corrected chi connectivity index (χ4v) is 4.25. The summed E-state index contributed by atoms with van der Waals surface area (Å²) in [5.41, 5.74) is 4.10. The number of nitrogens with zero attached hydrogens (tertiary/aromatic N) is 1. The Labute approximate surface area is 163 Å². The highest BCUT2D eigenvalue weighted by molar-refractivity contribution is 6.31. The van der Waals surface area contributed by atoms with E-state index in [2.05, 4.69) is 0 Å². The van der Waals surface area contributed by atoms with E-state index in [4.69, 9.17) is 11.6 Å². The molecule has 0 saturated heterocycles. The largest absolute Gasteiger partial charge is 0.508 e. The van der Waals surface area contributed by atoms with Crippen LogP contribution in [0, 0.1) is 6.92 Å². The van der Waals surface area contributed by atoms with Crippen LogP contribution >= 0.6 is 11.6 Å². The SMILES string of the molecule is Cc1ccc(Cl)cc1N1C(=O)CC(c2ccc(O)cc2)C2=C1CCCC2=O. The van der Waals surface area contributed by atoms with E-state index in [1.807, 2.05) is 13.0 Å². The first-order valence-electron chi connectivity index (χ1n) is 9.10. The minimum Gasteiger partial charge on any atom is -0.508 e. The maximum Gasteiger partial charge on any atom is 0.232 e. The van der Waals surface area contributed by atoms with Gasteiger partial charge in [0, 0.05) is 35.1 Å². The Morgan fingerprint density at radius 3 is 2.56 bits per heavy atom. The van der Waals surface area contributed by atoms with Crippen LogP contribution in [0.15, 0.2) is 53.7 Å². The van der Waals surface area contributed by atoms with Crippen LogP contribution in [0.2, 0.25) is 5.02 Å². The molecule has 1 N–H and O–H groups in total. The Balaban J connectivity index is 1.88. The third-order valence-corrected chi connectivity index (χ3v) is 5.62. The first-order valence-corrected chi connectivity index (χ1v) is 9.48. The summed E-state index contributed by atoms with van der Waals surface area (Å²) in [7, 11) is 0. The minimum absolute atomic E-state index is 0.0353. The van der Waals surface area contributed by atoms with Crippen LogP contribution in [-0.4, -0.2) is 16.8 Å². The Bertz CT molecular complexity index is 962. The third-order valence-electron chi connectivity index (χ3n) is 5.38. The van der Waals surface area contributed by atoms with Crippen molar-refractivity contribution < 1.29 is 14.7 Å². The molecule has 0 bridgehead atoms. The van der Waals surface area contributed by atoms with E-state index in [1.165, 1.54) is 0 Å². The van der Waals surface area contributed by atoms with Crippen molar-refractivity contribution in [3.63, 3.8) is 0 Å². The van der Waals surface area contributed by atoms with Gasteiger partial charge in [-0.2, -0.15) is 0 Å². The number of aryl methyl sites for hydroxylation is 1. The van der Waals surface area contributed by atoms with E-state index in [1.54, 1.807) is 41.3 Å². The van der Waals surface area contributed by atoms with E-state index in [9.17, 15) is 14.7 Å². The second-order valence-corrected chi connectivity index (χ2v) is 7.58. The number of Topliss-reactive ketones (excluding diaryl/α,β-unsaturated/α-hetero) is 1. The van der Waals surface area contributed by atoms with Crippen molar-refractivity contribution in [3.05, 3.63) is 69.9 Å². The first-order chi connectivity index (χ1) is 13.0. The van der Waals surface area contributed by atoms with Crippen LogP contribution in [0.3, 0.4) is 0 Å². The van der Waals surface area contributed by atoms with Gasteiger partial charge in [0.15, 0.2) is 5.78 Å². The van der Waals surface area contributed by atoms with Crippen molar-refractivity contribution in [2.24, 2.45) is 0 Å². The standard InChI is InChI=1S/C22H20ClNO3/c1-13-5-8-15(23)11-19(13)24-18-3-2-4-20(26)22(18)17(12-21(24)27)14-6-9-16(25)10-7-14/h5-11,17,25H,2-4,12H2,1H3. The molecule has 0 radical (unpaired) electrons. The van der Waals surface area contributed by atoms with Crippen molar-refractivity contribution in [3.8, 4) is 5.75 Å². The summed E-state index contributed by atoms with van der Waals surface area (Å²) in [6, 6.07) is 12.3. The molecule has 0 saturated carbocycles. The molecule has 2 aromatic rings. The highest BCUT2D eigenvalue weighted by Gasteiger charge is 2.40. The number of aromatic hydroxyl groups is 1. The van der Waals surface area contributed by atoms with Gasteiger partial charge < -0.3 is 5.11 Å². The molecule has 5 heteroatoms. The number of ketones is 1. The number of halogens is 1. The van der Waals surface area contributed by atoms with Crippen LogP contribution in [0.4, 0.5) is 5.69 Å². The fourth-order valence-electron chi connectivity index (χ4n) is 4.09. The Kier molecular flexibility index (Phi) is 4.52. The van der Waals surface area contributed by atoms with E-state index in [-0.39, 0.29) is 29.8 Å². The molecule has 1 amide bonds. The monoisotopic (exact) mass is 381 g/mol. The lowest BCUT2D eigenvalue weighted by atomic mass is 9.77. The smallest absolute Gasteiger partial charge is 0.232 e. The molecule has 0 spiro atoms. The summed E-state index contributed by atoms with van der Waals surface area (Å²) in [6.45, 7) is 1.94. The fraction of sp³-hybridized carbons (Fsp3) is 0.273. The van der Waals surface area contributed by atoms with Crippen molar-refractivity contribution in [2.75, 3.05) is 4.90 Å². The molecule has 4 nitrogen and oxygen atoms in total. The van der Waals surface area contributed by atoms with Gasteiger partial charge in [0.2, 0.25) is 5.91 Å². The molecule has 1 heterocycles. The highest BCUT2D eigenvalue weighted by atomic mass is 35.5. The third kappa shape index (κ3) is 3.15. The number of amides is 1. The zero-order chi connectivity index (χ0) is 19.1. The van der Waals surface area contributed by atoms with E-state index in [0.717, 1.165) is 34.5 Å². The zero-order valence-corrected chi connectivity index (χ0v) is 15.8. The van der Waals surface area contributed by atoms with Gasteiger partial charge in [-0.25, -0.2) is 0 Å². The second kappa shape index (κ2) is 6.86. The molecule has 0 fully saturated rings. The number of rotatable bonds is 2. The number of anilines is 1. The number of carbonyl (C=O) groups is 2. The average molecular weight is 382 g/mol. The molecule has 1 atom stereocenters. The molecule has 27 heavy (non-hydrogen) atoms.